The van der Waals surface area contributed by atoms with E-state index >= 15 is 0 Å². The van der Waals surface area contributed by atoms with Crippen LogP contribution in [0.2, 0.25) is 0 Å². The number of aromatic amines is 1. The molecule has 1 heterocycles. The van der Waals surface area contributed by atoms with E-state index in [1.165, 1.54) is 0 Å². The second-order valence-electron chi connectivity index (χ2n) is 2.26. The van der Waals surface area contributed by atoms with Gasteiger partial charge < -0.3 is 5.32 Å². The summed E-state index contributed by atoms with van der Waals surface area (Å²) in [5.41, 5.74) is 0.963. The molecule has 1 aromatic heterocycles. The van der Waals surface area contributed by atoms with Crippen LogP contribution >= 0.6 is 0 Å². The van der Waals surface area contributed by atoms with Crippen molar-refractivity contribution in [3.05, 3.63) is 36.7 Å². The van der Waals surface area contributed by atoms with Gasteiger partial charge in [0, 0.05) is 5.69 Å². The molecule has 4 nitrogen and oxygen atoms in total. The molecule has 4 heteroatoms. The Morgan fingerprint density at radius 2 is 2.08 bits per heavy atom. The lowest BCUT2D eigenvalue weighted by Crippen LogP contribution is -1.91. The van der Waals surface area contributed by atoms with Crippen molar-refractivity contribution in [1.82, 2.24) is 15.2 Å². The van der Waals surface area contributed by atoms with Gasteiger partial charge >= 0.3 is 0 Å². The molecule has 0 bridgehead atoms. The smallest absolute Gasteiger partial charge is 0.246 e. The van der Waals surface area contributed by atoms with Gasteiger partial charge in [-0.05, 0) is 12.1 Å². The van der Waals surface area contributed by atoms with Crippen LogP contribution in [0.1, 0.15) is 0 Å². The first kappa shape index (κ1) is 6.84. The summed E-state index contributed by atoms with van der Waals surface area (Å²) in [6.45, 7) is 0. The van der Waals surface area contributed by atoms with Gasteiger partial charge in [-0.1, -0.05) is 18.2 Å². The molecule has 0 aliphatic heterocycles. The van der Waals surface area contributed by atoms with Crippen molar-refractivity contribution in [3.63, 3.8) is 0 Å². The number of rotatable bonds is 2. The summed E-state index contributed by atoms with van der Waals surface area (Å²) in [7, 11) is 0. The minimum atomic E-state index is 0.529. The van der Waals surface area contributed by atoms with Crippen LogP contribution in [0, 0.1) is 6.33 Å². The van der Waals surface area contributed by atoms with Crippen LogP contribution in [0.5, 0.6) is 0 Å². The van der Waals surface area contributed by atoms with Gasteiger partial charge in [0.2, 0.25) is 5.95 Å². The van der Waals surface area contributed by atoms with Crippen LogP contribution in [0.3, 0.4) is 0 Å². The number of benzene rings is 1. The van der Waals surface area contributed by atoms with Crippen LogP contribution in [0.25, 0.3) is 0 Å². The van der Waals surface area contributed by atoms with E-state index in [0.717, 1.165) is 5.69 Å². The molecule has 0 aliphatic carbocycles. The summed E-state index contributed by atoms with van der Waals surface area (Å²) in [6.07, 6.45) is 2.50. The van der Waals surface area contributed by atoms with Gasteiger partial charge in [-0.3, -0.25) is 5.10 Å². The molecule has 1 radical (unpaired) electrons. The quantitative estimate of drug-likeness (QED) is 0.695. The molecule has 0 saturated heterocycles. The predicted molar refractivity (Wildman–Crippen MR) is 44.9 cm³/mol. The second-order valence-corrected chi connectivity index (χ2v) is 2.26. The maximum Gasteiger partial charge on any atom is 0.246 e. The monoisotopic (exact) mass is 159 g/mol. The number of anilines is 2. The molecule has 2 aromatic rings. The van der Waals surface area contributed by atoms with Gasteiger partial charge in [0.1, 0.15) is 0 Å². The summed E-state index contributed by atoms with van der Waals surface area (Å²) < 4.78 is 0. The first-order valence-corrected chi connectivity index (χ1v) is 3.56. The van der Waals surface area contributed by atoms with Gasteiger partial charge in [-0.25, -0.2) is 0 Å². The van der Waals surface area contributed by atoms with Crippen molar-refractivity contribution in [2.45, 2.75) is 0 Å². The highest BCUT2D eigenvalue weighted by molar-refractivity contribution is 5.51. The fourth-order valence-electron chi connectivity index (χ4n) is 0.887. The van der Waals surface area contributed by atoms with Crippen LogP contribution < -0.4 is 5.32 Å². The van der Waals surface area contributed by atoms with Crippen LogP contribution in [0.4, 0.5) is 11.6 Å². The summed E-state index contributed by atoms with van der Waals surface area (Å²) in [6, 6.07) is 9.72. The molecule has 2 N–H and O–H groups in total. The molecule has 0 spiro atoms. The van der Waals surface area contributed by atoms with E-state index in [-0.39, 0.29) is 0 Å². The number of para-hydroxylation sites is 1. The Bertz CT molecular complexity index is 327. The minimum absolute atomic E-state index is 0.529. The largest absolute Gasteiger partial charge is 0.323 e. The lowest BCUT2D eigenvalue weighted by atomic mass is 10.3. The third-order valence-corrected chi connectivity index (χ3v) is 1.40. The summed E-state index contributed by atoms with van der Waals surface area (Å²) in [5, 5.41) is 9.31. The van der Waals surface area contributed by atoms with Crippen molar-refractivity contribution in [3.8, 4) is 0 Å². The maximum atomic E-state index is 3.81. The highest BCUT2D eigenvalue weighted by atomic mass is 15.3. The van der Waals surface area contributed by atoms with Gasteiger partial charge in [0.05, 0.1) is 0 Å². The Morgan fingerprint density at radius 3 is 2.75 bits per heavy atom. The molecule has 0 unspecified atom stereocenters. The van der Waals surface area contributed by atoms with Gasteiger partial charge in [-0.15, -0.1) is 5.10 Å². The molecular weight excluding hydrogens is 152 g/mol. The van der Waals surface area contributed by atoms with E-state index in [1.807, 2.05) is 30.3 Å². The zero-order chi connectivity index (χ0) is 8.23. The summed E-state index contributed by atoms with van der Waals surface area (Å²) in [4.78, 5) is 3.81. The fraction of sp³-hybridized carbons (Fsp3) is 0. The number of nitrogens with one attached hydrogen (secondary N) is 2. The van der Waals surface area contributed by atoms with Gasteiger partial charge in [0.15, 0.2) is 6.33 Å². The Labute approximate surface area is 69.7 Å². The Hall–Kier alpha value is -1.84. The average molecular weight is 159 g/mol. The Morgan fingerprint density at radius 1 is 1.25 bits per heavy atom. The Balaban J connectivity index is 2.15. The summed E-state index contributed by atoms with van der Waals surface area (Å²) in [5.74, 6) is 0.529. The lowest BCUT2D eigenvalue weighted by Gasteiger charge is -1.98. The molecule has 0 aliphatic rings. The van der Waals surface area contributed by atoms with Gasteiger partial charge in [0.25, 0.3) is 0 Å². The first-order chi connectivity index (χ1) is 5.95. The van der Waals surface area contributed by atoms with Crippen molar-refractivity contribution in [2.75, 3.05) is 5.32 Å². The molecule has 2 rings (SSSR count). The van der Waals surface area contributed by atoms with E-state index in [4.69, 9.17) is 0 Å². The minimum Gasteiger partial charge on any atom is -0.323 e. The zero-order valence-electron chi connectivity index (χ0n) is 6.28. The van der Waals surface area contributed by atoms with Crippen molar-refractivity contribution < 1.29 is 0 Å². The average Bonchev–Trinajstić information content (AvgIpc) is 2.59. The van der Waals surface area contributed by atoms with Crippen molar-refractivity contribution in [1.29, 1.82) is 0 Å². The number of H-pyrrole nitrogens is 1. The van der Waals surface area contributed by atoms with Crippen LogP contribution in [-0.4, -0.2) is 15.2 Å². The predicted octanol–water partition coefficient (Wildman–Crippen LogP) is 1.35. The number of aromatic nitrogens is 3. The van der Waals surface area contributed by atoms with E-state index in [9.17, 15) is 0 Å². The number of hydrogen-bond donors (Lipinski definition) is 2. The van der Waals surface area contributed by atoms with E-state index in [0.29, 0.717) is 5.95 Å². The molecule has 0 amide bonds. The van der Waals surface area contributed by atoms with E-state index in [1.54, 1.807) is 0 Å². The van der Waals surface area contributed by atoms with Crippen molar-refractivity contribution >= 4 is 11.6 Å². The standard InChI is InChI=1S/C8H7N4/c1-2-4-7(5-3-1)11-8-9-6-10-12-8/h1-5H,(H2,9,10,11,12). The second kappa shape index (κ2) is 3.04. The molecule has 12 heavy (non-hydrogen) atoms. The third kappa shape index (κ3) is 1.42. The number of nitrogens with zero attached hydrogens (tertiary/aromatic N) is 2. The normalized spacial score (nSPS) is 9.67. The molecule has 1 aromatic carbocycles. The maximum absolute atomic E-state index is 3.81. The molecular formula is C8H7N4. The van der Waals surface area contributed by atoms with E-state index in [2.05, 4.69) is 26.8 Å². The van der Waals surface area contributed by atoms with Crippen molar-refractivity contribution in [2.24, 2.45) is 0 Å². The lowest BCUT2D eigenvalue weighted by molar-refractivity contribution is 1.09. The van der Waals surface area contributed by atoms with Crippen LogP contribution in [-0.2, 0) is 0 Å². The molecule has 0 fully saturated rings. The van der Waals surface area contributed by atoms with E-state index < -0.39 is 0 Å². The highest BCUT2D eigenvalue weighted by Crippen LogP contribution is 2.09. The molecule has 59 valence electrons. The first-order valence-electron chi connectivity index (χ1n) is 3.56. The molecule has 0 saturated carbocycles. The molecule has 0 atom stereocenters. The third-order valence-electron chi connectivity index (χ3n) is 1.40. The SMILES string of the molecule is [c]1nc(Nc2ccccc2)n[nH]1. The van der Waals surface area contributed by atoms with Gasteiger partial charge in [-0.2, -0.15) is 4.98 Å². The van der Waals surface area contributed by atoms with Crippen LogP contribution in [0.15, 0.2) is 30.3 Å². The highest BCUT2D eigenvalue weighted by Gasteiger charge is 1.94. The topological polar surface area (TPSA) is 53.6 Å². The fourth-order valence-corrected chi connectivity index (χ4v) is 0.887. The zero-order valence-corrected chi connectivity index (χ0v) is 6.28. The Kier molecular flexibility index (Phi) is 1.74. The summed E-state index contributed by atoms with van der Waals surface area (Å²) >= 11 is 0. The number of hydrogen-bond acceptors (Lipinski definition) is 3.